The molecule has 0 aliphatic rings. The fourth-order valence-electron chi connectivity index (χ4n) is 2.52. The minimum Gasteiger partial charge on any atom is -0.493 e. The third-order valence-electron chi connectivity index (χ3n) is 3.83. The van der Waals surface area contributed by atoms with Crippen LogP contribution in [0, 0.1) is 0 Å². The Morgan fingerprint density at radius 3 is 2.63 bits per heavy atom. The summed E-state index contributed by atoms with van der Waals surface area (Å²) in [7, 11) is 1.65. The van der Waals surface area contributed by atoms with Crippen LogP contribution in [0.2, 0.25) is 5.02 Å². The highest BCUT2D eigenvalue weighted by molar-refractivity contribution is 9.10. The Morgan fingerprint density at radius 2 is 1.93 bits per heavy atom. The number of benzene rings is 2. The van der Waals surface area contributed by atoms with Crippen molar-refractivity contribution in [3.8, 4) is 11.5 Å². The van der Waals surface area contributed by atoms with Crippen LogP contribution in [0.25, 0.3) is 0 Å². The average molecular weight is 489 g/mol. The van der Waals surface area contributed by atoms with E-state index in [0.29, 0.717) is 23.1 Å². The highest BCUT2D eigenvalue weighted by Crippen LogP contribution is 2.37. The third kappa shape index (κ3) is 6.13. The van der Waals surface area contributed by atoms with Crippen molar-refractivity contribution in [3.63, 3.8) is 0 Å². The van der Waals surface area contributed by atoms with Gasteiger partial charge in [-0.05, 0) is 51.1 Å². The maximum Gasteiger partial charge on any atom is 0.175 e. The van der Waals surface area contributed by atoms with E-state index in [-0.39, 0.29) is 12.4 Å². The van der Waals surface area contributed by atoms with Gasteiger partial charge in [0.2, 0.25) is 0 Å². The molecule has 0 aliphatic carbocycles. The molecule has 7 heteroatoms. The SMILES string of the molecule is COc1cc(CNCc2cccs2)cc(Br)c1OCc1ccccc1Cl.Cl. The van der Waals surface area contributed by atoms with Gasteiger partial charge >= 0.3 is 0 Å². The fraction of sp³-hybridized carbons (Fsp3) is 0.200. The minimum atomic E-state index is 0. The van der Waals surface area contributed by atoms with Crippen molar-refractivity contribution in [2.24, 2.45) is 0 Å². The number of ether oxygens (including phenoxy) is 2. The molecule has 0 aliphatic heterocycles. The Labute approximate surface area is 183 Å². The predicted octanol–water partition coefficient (Wildman–Crippen LogP) is 6.46. The molecule has 0 unspecified atom stereocenters. The number of hydrogen-bond acceptors (Lipinski definition) is 4. The molecule has 0 spiro atoms. The maximum absolute atomic E-state index is 6.20. The summed E-state index contributed by atoms with van der Waals surface area (Å²) in [4.78, 5) is 1.32. The van der Waals surface area contributed by atoms with Gasteiger partial charge < -0.3 is 14.8 Å². The lowest BCUT2D eigenvalue weighted by Gasteiger charge is -2.15. The van der Waals surface area contributed by atoms with Gasteiger partial charge in [0.25, 0.3) is 0 Å². The van der Waals surface area contributed by atoms with Crippen molar-refractivity contribution in [2.75, 3.05) is 7.11 Å². The molecule has 0 fully saturated rings. The zero-order chi connectivity index (χ0) is 18.4. The number of rotatable bonds is 8. The summed E-state index contributed by atoms with van der Waals surface area (Å²) in [6.07, 6.45) is 0. The Bertz CT molecular complexity index is 859. The van der Waals surface area contributed by atoms with Gasteiger partial charge in [-0.15, -0.1) is 23.7 Å². The first-order chi connectivity index (χ1) is 12.7. The Hall–Kier alpha value is -1.24. The van der Waals surface area contributed by atoms with Gasteiger partial charge in [-0.1, -0.05) is 35.9 Å². The van der Waals surface area contributed by atoms with Gasteiger partial charge in [-0.2, -0.15) is 0 Å². The van der Waals surface area contributed by atoms with Crippen molar-refractivity contribution in [2.45, 2.75) is 19.7 Å². The molecule has 27 heavy (non-hydrogen) atoms. The molecule has 0 saturated heterocycles. The monoisotopic (exact) mass is 487 g/mol. The second-order valence-corrected chi connectivity index (χ2v) is 7.97. The van der Waals surface area contributed by atoms with Crippen LogP contribution in [0.4, 0.5) is 0 Å². The lowest BCUT2D eigenvalue weighted by atomic mass is 10.2. The molecule has 1 N–H and O–H groups in total. The van der Waals surface area contributed by atoms with E-state index in [1.807, 2.05) is 36.4 Å². The second-order valence-electron chi connectivity index (χ2n) is 5.67. The highest BCUT2D eigenvalue weighted by Gasteiger charge is 2.13. The summed E-state index contributed by atoms with van der Waals surface area (Å²) in [6, 6.07) is 15.9. The van der Waals surface area contributed by atoms with Gasteiger partial charge in [-0.25, -0.2) is 0 Å². The van der Waals surface area contributed by atoms with Gasteiger partial charge in [0.15, 0.2) is 11.5 Å². The number of nitrogens with one attached hydrogen (secondary N) is 1. The summed E-state index contributed by atoms with van der Waals surface area (Å²) < 4.78 is 12.4. The lowest BCUT2D eigenvalue weighted by Crippen LogP contribution is -2.12. The summed E-state index contributed by atoms with van der Waals surface area (Å²) in [5.41, 5.74) is 2.06. The third-order valence-corrected chi connectivity index (χ3v) is 5.66. The van der Waals surface area contributed by atoms with E-state index in [1.165, 1.54) is 4.88 Å². The van der Waals surface area contributed by atoms with E-state index in [9.17, 15) is 0 Å². The summed E-state index contributed by atoms with van der Waals surface area (Å²) in [5.74, 6) is 1.37. The molecule has 1 heterocycles. The highest BCUT2D eigenvalue weighted by atomic mass is 79.9. The van der Waals surface area contributed by atoms with Crippen molar-refractivity contribution >= 4 is 51.3 Å². The normalized spacial score (nSPS) is 10.3. The van der Waals surface area contributed by atoms with E-state index < -0.39 is 0 Å². The van der Waals surface area contributed by atoms with E-state index >= 15 is 0 Å². The Balaban J connectivity index is 0.00000261. The van der Waals surface area contributed by atoms with Crippen LogP contribution in [0.1, 0.15) is 16.0 Å². The lowest BCUT2D eigenvalue weighted by molar-refractivity contribution is 0.282. The van der Waals surface area contributed by atoms with Crippen LogP contribution in [0.15, 0.2) is 58.4 Å². The van der Waals surface area contributed by atoms with E-state index in [0.717, 1.165) is 28.7 Å². The molecule has 0 atom stereocenters. The largest absolute Gasteiger partial charge is 0.493 e. The molecule has 0 radical (unpaired) electrons. The van der Waals surface area contributed by atoms with Crippen LogP contribution < -0.4 is 14.8 Å². The van der Waals surface area contributed by atoms with Gasteiger partial charge in [0.1, 0.15) is 6.61 Å². The smallest absolute Gasteiger partial charge is 0.175 e. The number of methoxy groups -OCH3 is 1. The molecular formula is C20H20BrCl2NO2S. The maximum atomic E-state index is 6.20. The summed E-state index contributed by atoms with van der Waals surface area (Å²) in [6.45, 7) is 1.98. The topological polar surface area (TPSA) is 30.5 Å². The zero-order valence-electron chi connectivity index (χ0n) is 14.7. The molecule has 0 saturated carbocycles. The van der Waals surface area contributed by atoms with Crippen molar-refractivity contribution < 1.29 is 9.47 Å². The average Bonchev–Trinajstić information content (AvgIpc) is 3.15. The van der Waals surface area contributed by atoms with Crippen molar-refractivity contribution in [1.29, 1.82) is 0 Å². The molecular weight excluding hydrogens is 469 g/mol. The second kappa shape index (κ2) is 10.9. The number of hydrogen-bond donors (Lipinski definition) is 1. The molecule has 0 bridgehead atoms. The molecule has 144 valence electrons. The van der Waals surface area contributed by atoms with E-state index in [2.05, 4.69) is 38.8 Å². The van der Waals surface area contributed by atoms with Crippen LogP contribution in [0.3, 0.4) is 0 Å². The molecule has 2 aromatic carbocycles. The van der Waals surface area contributed by atoms with Gasteiger partial charge in [0, 0.05) is 28.6 Å². The van der Waals surface area contributed by atoms with Crippen LogP contribution in [0.5, 0.6) is 11.5 Å². The molecule has 1 aromatic heterocycles. The molecule has 3 aromatic rings. The molecule has 3 nitrogen and oxygen atoms in total. The Morgan fingerprint density at radius 1 is 1.11 bits per heavy atom. The van der Waals surface area contributed by atoms with Crippen LogP contribution in [-0.2, 0) is 19.7 Å². The Kier molecular flexibility index (Phi) is 8.93. The fourth-order valence-corrected chi connectivity index (χ4v) is 3.99. The standard InChI is InChI=1S/C20H19BrClNO2S.ClH/c1-24-19-10-14(11-23-12-16-6-4-8-26-16)9-17(21)20(19)25-13-15-5-2-3-7-18(15)22;/h2-10,23H,11-13H2,1H3;1H. The molecule has 3 rings (SSSR count). The first-order valence-corrected chi connectivity index (χ1v) is 10.2. The van der Waals surface area contributed by atoms with Gasteiger partial charge in [0.05, 0.1) is 11.6 Å². The first-order valence-electron chi connectivity index (χ1n) is 8.13. The first kappa shape index (κ1) is 22.1. The summed E-state index contributed by atoms with van der Waals surface area (Å²) >= 11 is 11.5. The zero-order valence-corrected chi connectivity index (χ0v) is 18.7. The van der Waals surface area contributed by atoms with Crippen LogP contribution >= 0.6 is 51.3 Å². The number of thiophene rings is 1. The van der Waals surface area contributed by atoms with Crippen molar-refractivity contribution in [1.82, 2.24) is 5.32 Å². The predicted molar refractivity (Wildman–Crippen MR) is 119 cm³/mol. The van der Waals surface area contributed by atoms with E-state index in [1.54, 1.807) is 18.4 Å². The minimum absolute atomic E-state index is 0. The summed E-state index contributed by atoms with van der Waals surface area (Å²) in [5, 5.41) is 6.22. The van der Waals surface area contributed by atoms with E-state index in [4.69, 9.17) is 21.1 Å². The number of halogens is 3. The van der Waals surface area contributed by atoms with Crippen molar-refractivity contribution in [3.05, 3.63) is 79.4 Å². The molecule has 0 amide bonds. The van der Waals surface area contributed by atoms with Crippen LogP contribution in [-0.4, -0.2) is 7.11 Å². The van der Waals surface area contributed by atoms with Gasteiger partial charge in [-0.3, -0.25) is 0 Å². The quantitative estimate of drug-likeness (QED) is 0.394.